The number of benzene rings is 1. The predicted molar refractivity (Wildman–Crippen MR) is 99.2 cm³/mol. The monoisotopic (exact) mass is 400 g/mol. The standard InChI is InChI=1S/C17H21ClN2O5S/c1-11-14(20-17(25-11)12-6-4-5-7-13(12)18)9-26(22)10-15(21)19-8-16(23-2)24-3/h4-7,16H,8-10H2,1-3H3,(H,19,21)/t26-/m1/s1. The first-order valence-electron chi connectivity index (χ1n) is 7.83. The Kier molecular flexibility index (Phi) is 7.77. The van der Waals surface area contributed by atoms with Crippen molar-refractivity contribution in [3.8, 4) is 11.5 Å². The zero-order chi connectivity index (χ0) is 19.1. The smallest absolute Gasteiger partial charge is 0.232 e. The molecule has 7 nitrogen and oxygen atoms in total. The number of hydrogen-bond donors (Lipinski definition) is 1. The summed E-state index contributed by atoms with van der Waals surface area (Å²) < 4.78 is 27.8. The number of halogens is 1. The molecule has 9 heteroatoms. The van der Waals surface area contributed by atoms with Crippen LogP contribution in [0.25, 0.3) is 11.5 Å². The van der Waals surface area contributed by atoms with E-state index in [1.54, 1.807) is 19.1 Å². The fraction of sp³-hybridized carbons (Fsp3) is 0.412. The molecule has 1 heterocycles. The van der Waals surface area contributed by atoms with Crippen molar-refractivity contribution >= 4 is 28.3 Å². The summed E-state index contributed by atoms with van der Waals surface area (Å²) in [5, 5.41) is 3.13. The molecule has 0 aliphatic carbocycles. The molecule has 2 rings (SSSR count). The van der Waals surface area contributed by atoms with Gasteiger partial charge in [-0.3, -0.25) is 9.00 Å². The minimum Gasteiger partial charge on any atom is -0.441 e. The van der Waals surface area contributed by atoms with E-state index in [-0.39, 0.29) is 24.0 Å². The van der Waals surface area contributed by atoms with Crippen molar-refractivity contribution in [3.05, 3.63) is 40.7 Å². The lowest BCUT2D eigenvalue weighted by atomic mass is 10.2. The number of oxazole rings is 1. The lowest BCUT2D eigenvalue weighted by molar-refractivity contribution is -0.125. The third kappa shape index (κ3) is 5.63. The van der Waals surface area contributed by atoms with E-state index in [4.69, 9.17) is 25.5 Å². The normalized spacial score (nSPS) is 12.3. The maximum absolute atomic E-state index is 12.3. The van der Waals surface area contributed by atoms with E-state index < -0.39 is 17.1 Å². The van der Waals surface area contributed by atoms with Crippen LogP contribution in [0.3, 0.4) is 0 Å². The second-order valence-electron chi connectivity index (χ2n) is 5.44. The average molecular weight is 401 g/mol. The highest BCUT2D eigenvalue weighted by Crippen LogP contribution is 2.28. The first-order chi connectivity index (χ1) is 12.4. The van der Waals surface area contributed by atoms with Crippen LogP contribution in [0.4, 0.5) is 0 Å². The Labute approximate surface area is 159 Å². The molecule has 0 aliphatic heterocycles. The summed E-state index contributed by atoms with van der Waals surface area (Å²) in [6, 6.07) is 7.18. The van der Waals surface area contributed by atoms with Crippen molar-refractivity contribution in [1.29, 1.82) is 0 Å². The molecule has 0 unspecified atom stereocenters. The van der Waals surface area contributed by atoms with Gasteiger partial charge in [-0.1, -0.05) is 23.7 Å². The van der Waals surface area contributed by atoms with Crippen molar-refractivity contribution in [2.24, 2.45) is 0 Å². The van der Waals surface area contributed by atoms with Crippen molar-refractivity contribution < 1.29 is 22.9 Å². The number of aryl methyl sites for hydroxylation is 1. The van der Waals surface area contributed by atoms with E-state index in [2.05, 4.69) is 10.3 Å². The molecule has 2 aromatic rings. The summed E-state index contributed by atoms with van der Waals surface area (Å²) in [7, 11) is 1.52. The fourth-order valence-electron chi connectivity index (χ4n) is 2.17. The average Bonchev–Trinajstić information content (AvgIpc) is 2.96. The van der Waals surface area contributed by atoms with Gasteiger partial charge < -0.3 is 19.2 Å². The van der Waals surface area contributed by atoms with Crippen molar-refractivity contribution in [2.45, 2.75) is 19.0 Å². The zero-order valence-corrected chi connectivity index (χ0v) is 16.4. The Hall–Kier alpha value is -1.74. The molecule has 0 spiro atoms. The molecule has 1 aromatic carbocycles. The molecule has 1 N–H and O–H groups in total. The number of carbonyl (C=O) groups excluding carboxylic acids is 1. The minimum atomic E-state index is -1.43. The molecule has 142 valence electrons. The molecular formula is C17H21ClN2O5S. The third-order valence-corrected chi connectivity index (χ3v) is 5.09. The first kappa shape index (κ1) is 20.6. The molecule has 0 bridgehead atoms. The number of amides is 1. The molecule has 0 aliphatic rings. The molecule has 26 heavy (non-hydrogen) atoms. The van der Waals surface area contributed by atoms with E-state index in [0.717, 1.165) is 0 Å². The van der Waals surface area contributed by atoms with Crippen LogP contribution < -0.4 is 5.32 Å². The topological polar surface area (TPSA) is 90.7 Å². The quantitative estimate of drug-likeness (QED) is 0.649. The van der Waals surface area contributed by atoms with E-state index in [1.165, 1.54) is 14.2 Å². The second-order valence-corrected chi connectivity index (χ2v) is 7.30. The van der Waals surface area contributed by atoms with Gasteiger partial charge in [0, 0.05) is 25.0 Å². The first-order valence-corrected chi connectivity index (χ1v) is 9.69. The van der Waals surface area contributed by atoms with Crippen molar-refractivity contribution in [2.75, 3.05) is 26.5 Å². The maximum Gasteiger partial charge on any atom is 0.232 e. The van der Waals surface area contributed by atoms with Gasteiger partial charge in [0.2, 0.25) is 11.8 Å². The van der Waals surface area contributed by atoms with E-state index in [1.807, 2.05) is 12.1 Å². The van der Waals surface area contributed by atoms with Gasteiger partial charge >= 0.3 is 0 Å². The van der Waals surface area contributed by atoms with Gasteiger partial charge in [0.1, 0.15) is 11.5 Å². The van der Waals surface area contributed by atoms with E-state index in [0.29, 0.717) is 27.9 Å². The van der Waals surface area contributed by atoms with Crippen LogP contribution in [-0.2, 0) is 30.8 Å². The number of carbonyl (C=O) groups is 1. The summed E-state index contributed by atoms with van der Waals surface area (Å²) in [4.78, 5) is 16.2. The van der Waals surface area contributed by atoms with Crippen molar-refractivity contribution in [3.63, 3.8) is 0 Å². The van der Waals surface area contributed by atoms with Gasteiger partial charge in [0.25, 0.3) is 0 Å². The molecule has 1 amide bonds. The number of rotatable bonds is 9. The predicted octanol–water partition coefficient (Wildman–Crippen LogP) is 2.29. The van der Waals surface area contributed by atoms with Crippen LogP contribution in [0.2, 0.25) is 5.02 Å². The van der Waals surface area contributed by atoms with Crippen molar-refractivity contribution in [1.82, 2.24) is 10.3 Å². The van der Waals surface area contributed by atoms with Gasteiger partial charge in [0.15, 0.2) is 6.29 Å². The van der Waals surface area contributed by atoms with Crippen LogP contribution in [0, 0.1) is 6.92 Å². The molecular weight excluding hydrogens is 380 g/mol. The SMILES string of the molecule is COC(CNC(=O)C[S@](=O)Cc1nc(-c2ccccc2Cl)oc1C)OC. The second kappa shape index (κ2) is 9.82. The maximum atomic E-state index is 12.3. The number of ether oxygens (including phenoxy) is 2. The van der Waals surface area contributed by atoms with Gasteiger partial charge in [-0.15, -0.1) is 0 Å². The van der Waals surface area contributed by atoms with Gasteiger partial charge in [-0.25, -0.2) is 4.98 Å². The largest absolute Gasteiger partial charge is 0.441 e. The molecule has 0 saturated heterocycles. The summed E-state index contributed by atoms with van der Waals surface area (Å²) in [6.07, 6.45) is -0.539. The number of methoxy groups -OCH3 is 2. The van der Waals surface area contributed by atoms with Gasteiger partial charge in [-0.05, 0) is 19.1 Å². The van der Waals surface area contributed by atoms with E-state index >= 15 is 0 Å². The fourth-order valence-corrected chi connectivity index (χ4v) is 3.46. The zero-order valence-electron chi connectivity index (χ0n) is 14.8. The Bertz CT molecular complexity index is 776. The summed E-state index contributed by atoms with van der Waals surface area (Å²) in [5.74, 6) is 0.536. The van der Waals surface area contributed by atoms with Crippen LogP contribution in [0.1, 0.15) is 11.5 Å². The molecule has 1 aromatic heterocycles. The number of nitrogens with one attached hydrogen (secondary N) is 1. The summed E-state index contributed by atoms with van der Waals surface area (Å²) in [6.45, 7) is 1.92. The highest BCUT2D eigenvalue weighted by atomic mass is 35.5. The van der Waals surface area contributed by atoms with Gasteiger partial charge in [0.05, 0.1) is 28.6 Å². The highest BCUT2D eigenvalue weighted by Gasteiger charge is 2.17. The van der Waals surface area contributed by atoms with Crippen LogP contribution in [0.5, 0.6) is 0 Å². The highest BCUT2D eigenvalue weighted by molar-refractivity contribution is 7.84. The summed E-state index contributed by atoms with van der Waals surface area (Å²) in [5.41, 5.74) is 1.20. The summed E-state index contributed by atoms with van der Waals surface area (Å²) >= 11 is 6.15. The van der Waals surface area contributed by atoms with Crippen LogP contribution in [0.15, 0.2) is 28.7 Å². The molecule has 0 radical (unpaired) electrons. The van der Waals surface area contributed by atoms with E-state index in [9.17, 15) is 9.00 Å². The number of hydrogen-bond acceptors (Lipinski definition) is 6. The Morgan fingerprint density at radius 2 is 2.04 bits per heavy atom. The third-order valence-electron chi connectivity index (χ3n) is 3.58. The van der Waals surface area contributed by atoms with Crippen LogP contribution >= 0.6 is 11.6 Å². The Morgan fingerprint density at radius 1 is 1.35 bits per heavy atom. The Balaban J connectivity index is 1.95. The lowest BCUT2D eigenvalue weighted by Crippen LogP contribution is -2.36. The number of aromatic nitrogens is 1. The Morgan fingerprint density at radius 3 is 2.69 bits per heavy atom. The minimum absolute atomic E-state index is 0.116. The number of nitrogens with zero attached hydrogens (tertiary/aromatic N) is 1. The van der Waals surface area contributed by atoms with Gasteiger partial charge in [-0.2, -0.15) is 0 Å². The molecule has 0 fully saturated rings. The molecule has 0 saturated carbocycles. The molecule has 1 atom stereocenters. The van der Waals surface area contributed by atoms with Crippen LogP contribution in [-0.4, -0.2) is 47.9 Å². The lowest BCUT2D eigenvalue weighted by Gasteiger charge is -2.13.